The second-order valence-corrected chi connectivity index (χ2v) is 6.84. The predicted molar refractivity (Wildman–Crippen MR) is 103 cm³/mol. The summed E-state index contributed by atoms with van der Waals surface area (Å²) in [6.07, 6.45) is -4.04. The Morgan fingerprint density at radius 3 is 2.14 bits per heavy atom. The lowest BCUT2D eigenvalue weighted by Crippen LogP contribution is -2.22. The number of rotatable bonds is 3. The van der Waals surface area contributed by atoms with Gasteiger partial charge in [0.1, 0.15) is 5.82 Å². The fourth-order valence-corrected chi connectivity index (χ4v) is 2.98. The van der Waals surface area contributed by atoms with E-state index in [-0.39, 0.29) is 26.4 Å². The van der Waals surface area contributed by atoms with Gasteiger partial charge in [0.05, 0.1) is 38.3 Å². The fourth-order valence-electron chi connectivity index (χ4n) is 2.38. The second-order valence-electron chi connectivity index (χ2n) is 5.62. The van der Waals surface area contributed by atoms with Crippen LogP contribution in [0.4, 0.5) is 33.7 Å². The minimum absolute atomic E-state index is 0.0348. The van der Waals surface area contributed by atoms with Crippen LogP contribution in [-0.4, -0.2) is 15.8 Å². The average molecular weight is 468 g/mol. The van der Waals surface area contributed by atoms with Gasteiger partial charge in [0.15, 0.2) is 5.69 Å². The number of nitrogens with one attached hydrogen (secondary N) is 2. The first-order valence-corrected chi connectivity index (χ1v) is 8.83. The summed E-state index contributed by atoms with van der Waals surface area (Å²) >= 11 is 17.6. The lowest BCUT2D eigenvalue weighted by atomic mass is 10.3. The maximum atomic E-state index is 13.6. The van der Waals surface area contributed by atoms with Crippen molar-refractivity contribution in [3.63, 3.8) is 0 Å². The molecule has 29 heavy (non-hydrogen) atoms. The van der Waals surface area contributed by atoms with E-state index >= 15 is 0 Å². The maximum absolute atomic E-state index is 13.6. The molecule has 0 saturated carbocycles. The van der Waals surface area contributed by atoms with Crippen LogP contribution in [0.2, 0.25) is 15.1 Å². The molecular weight excluding hydrogens is 459 g/mol. The Bertz CT molecular complexity index is 1070. The number of carbonyl (C=O) groups is 1. The van der Waals surface area contributed by atoms with Crippen LogP contribution in [0, 0.1) is 5.82 Å². The highest BCUT2D eigenvalue weighted by Gasteiger charge is 2.39. The van der Waals surface area contributed by atoms with E-state index in [0.29, 0.717) is 4.68 Å². The van der Waals surface area contributed by atoms with Crippen LogP contribution in [0.25, 0.3) is 5.69 Å². The lowest BCUT2D eigenvalue weighted by Gasteiger charge is -2.14. The summed E-state index contributed by atoms with van der Waals surface area (Å²) in [5.74, 6) is -0.620. The number of urea groups is 1. The number of carbonyl (C=O) groups excluding carboxylic acids is 1. The molecule has 5 nitrogen and oxygen atoms in total. The molecule has 0 aliphatic carbocycles. The van der Waals surface area contributed by atoms with Gasteiger partial charge in [0.2, 0.25) is 0 Å². The van der Waals surface area contributed by atoms with E-state index in [1.54, 1.807) is 0 Å². The molecule has 0 spiro atoms. The summed E-state index contributed by atoms with van der Waals surface area (Å²) in [6.45, 7) is 0. The number of benzene rings is 2. The van der Waals surface area contributed by atoms with Crippen molar-refractivity contribution in [1.82, 2.24) is 9.78 Å². The van der Waals surface area contributed by atoms with E-state index in [1.807, 2.05) is 0 Å². The largest absolute Gasteiger partial charge is 0.435 e. The number of halogens is 7. The molecule has 0 aliphatic rings. The zero-order valence-corrected chi connectivity index (χ0v) is 16.3. The van der Waals surface area contributed by atoms with Gasteiger partial charge < -0.3 is 10.6 Å². The highest BCUT2D eigenvalue weighted by atomic mass is 35.5. The first-order chi connectivity index (χ1) is 13.6. The third-order valence-corrected chi connectivity index (χ3v) is 4.65. The molecule has 3 rings (SSSR count). The smallest absolute Gasteiger partial charge is 0.306 e. The summed E-state index contributed by atoms with van der Waals surface area (Å²) in [7, 11) is 0. The number of anilines is 2. The monoisotopic (exact) mass is 466 g/mol. The first kappa shape index (κ1) is 21.2. The van der Waals surface area contributed by atoms with Crippen molar-refractivity contribution in [3.8, 4) is 5.69 Å². The van der Waals surface area contributed by atoms with Crippen molar-refractivity contribution in [2.24, 2.45) is 0 Å². The lowest BCUT2D eigenvalue weighted by molar-refractivity contribution is -0.142. The molecule has 0 unspecified atom stereocenters. The Morgan fingerprint density at radius 2 is 1.52 bits per heavy atom. The summed E-state index contributed by atoms with van der Waals surface area (Å²) in [4.78, 5) is 12.2. The van der Waals surface area contributed by atoms with E-state index in [4.69, 9.17) is 34.8 Å². The summed E-state index contributed by atoms with van der Waals surface area (Å²) in [6, 6.07) is 5.72. The Labute approximate surface area is 176 Å². The first-order valence-electron chi connectivity index (χ1n) is 7.70. The molecule has 12 heteroatoms. The minimum Gasteiger partial charge on any atom is -0.306 e. The third kappa shape index (κ3) is 4.75. The molecule has 3 aromatic rings. The van der Waals surface area contributed by atoms with Gasteiger partial charge in [-0.25, -0.2) is 13.9 Å². The van der Waals surface area contributed by atoms with Crippen molar-refractivity contribution < 1.29 is 22.4 Å². The standard InChI is InChI=1S/C17H9Cl3F4N4O/c18-10-5-12(20)13(6-11(10)19)26-16(29)27-14-7-25-28(15(14)17(22,23)24)9-3-1-8(21)2-4-9/h1-7H,(H2,26,27,29). The molecule has 2 N–H and O–H groups in total. The molecule has 0 aliphatic heterocycles. The molecule has 0 bridgehead atoms. The van der Waals surface area contributed by atoms with Crippen molar-refractivity contribution in [2.45, 2.75) is 6.18 Å². The molecule has 0 saturated heterocycles. The summed E-state index contributed by atoms with van der Waals surface area (Å²) in [5, 5.41) is 8.27. The Kier molecular flexibility index (Phi) is 5.92. The van der Waals surface area contributed by atoms with E-state index in [2.05, 4.69) is 15.7 Å². The summed E-state index contributed by atoms with van der Waals surface area (Å²) in [5.41, 5.74) is -1.87. The quantitative estimate of drug-likeness (QED) is 0.335. The molecule has 2 aromatic carbocycles. The van der Waals surface area contributed by atoms with Gasteiger partial charge in [0, 0.05) is 0 Å². The van der Waals surface area contributed by atoms with Gasteiger partial charge in [-0.1, -0.05) is 34.8 Å². The molecule has 152 valence electrons. The molecule has 0 radical (unpaired) electrons. The predicted octanol–water partition coefficient (Wildman–Crippen LogP) is 6.63. The van der Waals surface area contributed by atoms with E-state index < -0.39 is 29.4 Å². The molecule has 1 aromatic heterocycles. The van der Waals surface area contributed by atoms with Crippen LogP contribution < -0.4 is 10.6 Å². The molecule has 0 atom stereocenters. The molecule has 1 heterocycles. The number of amides is 2. The number of aromatic nitrogens is 2. The Balaban J connectivity index is 1.90. The number of nitrogens with zero attached hydrogens (tertiary/aromatic N) is 2. The van der Waals surface area contributed by atoms with E-state index in [0.717, 1.165) is 30.5 Å². The summed E-state index contributed by atoms with van der Waals surface area (Å²) < 4.78 is 54.4. The second kappa shape index (κ2) is 8.10. The fraction of sp³-hybridized carbons (Fsp3) is 0.0588. The maximum Gasteiger partial charge on any atom is 0.435 e. The highest BCUT2D eigenvalue weighted by Crippen LogP contribution is 2.37. The Hall–Kier alpha value is -2.49. The number of hydrogen-bond donors (Lipinski definition) is 2. The zero-order valence-electron chi connectivity index (χ0n) is 14.0. The van der Waals surface area contributed by atoms with Gasteiger partial charge in [-0.15, -0.1) is 0 Å². The van der Waals surface area contributed by atoms with Crippen LogP contribution in [-0.2, 0) is 6.18 Å². The number of alkyl halides is 3. The van der Waals surface area contributed by atoms with Crippen molar-refractivity contribution in [1.29, 1.82) is 0 Å². The molecule has 2 amide bonds. The van der Waals surface area contributed by atoms with Gasteiger partial charge in [-0.2, -0.15) is 18.3 Å². The normalized spacial score (nSPS) is 11.4. The highest BCUT2D eigenvalue weighted by molar-refractivity contribution is 6.44. The van der Waals surface area contributed by atoms with Crippen LogP contribution in [0.1, 0.15) is 5.69 Å². The van der Waals surface area contributed by atoms with Gasteiger partial charge in [0.25, 0.3) is 0 Å². The van der Waals surface area contributed by atoms with Crippen LogP contribution in [0.5, 0.6) is 0 Å². The topological polar surface area (TPSA) is 59.0 Å². The minimum atomic E-state index is -4.87. The van der Waals surface area contributed by atoms with Crippen molar-refractivity contribution in [2.75, 3.05) is 10.6 Å². The molecule has 0 fully saturated rings. The van der Waals surface area contributed by atoms with Gasteiger partial charge in [-0.3, -0.25) is 0 Å². The molecular formula is C17H9Cl3F4N4O. The van der Waals surface area contributed by atoms with Crippen molar-refractivity contribution >= 4 is 52.2 Å². The van der Waals surface area contributed by atoms with Crippen LogP contribution in [0.15, 0.2) is 42.6 Å². The van der Waals surface area contributed by atoms with Crippen molar-refractivity contribution in [3.05, 3.63) is 69.2 Å². The van der Waals surface area contributed by atoms with Crippen LogP contribution in [0.3, 0.4) is 0 Å². The SMILES string of the molecule is O=C(Nc1cc(Cl)c(Cl)cc1Cl)Nc1cnn(-c2ccc(F)cc2)c1C(F)(F)F. The number of hydrogen-bond acceptors (Lipinski definition) is 2. The van der Waals surface area contributed by atoms with E-state index in [9.17, 15) is 22.4 Å². The third-order valence-electron chi connectivity index (χ3n) is 3.62. The van der Waals surface area contributed by atoms with Gasteiger partial charge in [-0.05, 0) is 36.4 Å². The Morgan fingerprint density at radius 1 is 0.931 bits per heavy atom. The van der Waals surface area contributed by atoms with Gasteiger partial charge >= 0.3 is 12.2 Å². The van der Waals surface area contributed by atoms with E-state index in [1.165, 1.54) is 12.1 Å². The average Bonchev–Trinajstić information content (AvgIpc) is 3.04. The zero-order chi connectivity index (χ0) is 21.3. The van der Waals surface area contributed by atoms with Crippen LogP contribution >= 0.6 is 34.8 Å².